The van der Waals surface area contributed by atoms with E-state index in [9.17, 15) is 4.79 Å². The van der Waals surface area contributed by atoms with Crippen LogP contribution in [-0.4, -0.2) is 70.2 Å². The molecule has 2 aromatic rings. The van der Waals surface area contributed by atoms with Gasteiger partial charge in [0.25, 0.3) is 0 Å². The predicted octanol–water partition coefficient (Wildman–Crippen LogP) is 1.82. The number of rotatable bonds is 3. The van der Waals surface area contributed by atoms with Gasteiger partial charge in [-0.2, -0.15) is 0 Å². The predicted molar refractivity (Wildman–Crippen MR) is 110 cm³/mol. The molecule has 0 aromatic carbocycles. The van der Waals surface area contributed by atoms with Crippen molar-refractivity contribution in [2.24, 2.45) is 5.92 Å². The van der Waals surface area contributed by atoms with Crippen molar-refractivity contribution in [3.8, 4) is 0 Å². The topological polar surface area (TPSA) is 78.4 Å². The summed E-state index contributed by atoms with van der Waals surface area (Å²) in [5.41, 5.74) is 1.98. The molecule has 0 saturated carbocycles. The van der Waals surface area contributed by atoms with Crippen LogP contribution in [0.3, 0.4) is 0 Å². The third-order valence-electron chi connectivity index (χ3n) is 5.47. The number of carbonyl (C=O) groups excluding carboxylic acids is 1. The second-order valence-electron chi connectivity index (χ2n) is 7.63. The van der Waals surface area contributed by atoms with E-state index < -0.39 is 0 Å². The molecule has 1 amide bonds. The Labute approximate surface area is 169 Å². The molecule has 0 aliphatic carbocycles. The molecule has 8 nitrogen and oxygen atoms in total. The number of hydrogen-bond donors (Lipinski definition) is 0. The number of hydrogen-bond acceptors (Lipinski definition) is 8. The summed E-state index contributed by atoms with van der Waals surface area (Å²) in [6, 6.07) is 1.99. The SMILES string of the molecule is Cc1cc(C)nc(N2CCC(C(=O)N3CCN(c4nnc(C)s4)CC3)CC2)n1. The van der Waals surface area contributed by atoms with Gasteiger partial charge in [-0.1, -0.05) is 11.3 Å². The number of anilines is 2. The largest absolute Gasteiger partial charge is 0.343 e. The van der Waals surface area contributed by atoms with Gasteiger partial charge in [-0.05, 0) is 39.7 Å². The Balaban J connectivity index is 1.29. The van der Waals surface area contributed by atoms with Crippen molar-refractivity contribution in [3.63, 3.8) is 0 Å². The number of aryl methyl sites for hydroxylation is 3. The first kappa shape index (κ1) is 19.0. The summed E-state index contributed by atoms with van der Waals surface area (Å²) in [5, 5.41) is 10.3. The van der Waals surface area contributed by atoms with Crippen LogP contribution in [0.4, 0.5) is 11.1 Å². The summed E-state index contributed by atoms with van der Waals surface area (Å²) in [4.78, 5) is 28.6. The molecule has 2 fully saturated rings. The minimum Gasteiger partial charge on any atom is -0.343 e. The molecule has 150 valence electrons. The Morgan fingerprint density at radius 3 is 2.14 bits per heavy atom. The number of aromatic nitrogens is 4. The monoisotopic (exact) mass is 401 g/mol. The van der Waals surface area contributed by atoms with Gasteiger partial charge in [-0.15, -0.1) is 10.2 Å². The van der Waals surface area contributed by atoms with E-state index in [1.807, 2.05) is 31.7 Å². The van der Waals surface area contributed by atoms with E-state index in [1.54, 1.807) is 11.3 Å². The molecule has 2 aliphatic rings. The molecular formula is C19H27N7OS. The number of piperazine rings is 1. The molecule has 0 bridgehead atoms. The Hall–Kier alpha value is -2.29. The summed E-state index contributed by atoms with van der Waals surface area (Å²) in [5.74, 6) is 1.20. The van der Waals surface area contributed by atoms with Crippen LogP contribution in [0.1, 0.15) is 29.2 Å². The minimum atomic E-state index is 0.109. The number of nitrogens with zero attached hydrogens (tertiary/aromatic N) is 7. The van der Waals surface area contributed by atoms with Crippen LogP contribution in [0.2, 0.25) is 0 Å². The van der Waals surface area contributed by atoms with Gasteiger partial charge in [0.15, 0.2) is 0 Å². The van der Waals surface area contributed by atoms with Crippen LogP contribution in [0.5, 0.6) is 0 Å². The van der Waals surface area contributed by atoms with Gasteiger partial charge >= 0.3 is 0 Å². The number of amides is 1. The average molecular weight is 402 g/mol. The molecule has 2 aliphatic heterocycles. The fraction of sp³-hybridized carbons (Fsp3) is 0.632. The maximum Gasteiger partial charge on any atom is 0.225 e. The van der Waals surface area contributed by atoms with Crippen LogP contribution in [0.15, 0.2) is 6.07 Å². The molecule has 0 atom stereocenters. The van der Waals surface area contributed by atoms with Crippen LogP contribution in [0, 0.1) is 26.7 Å². The number of carbonyl (C=O) groups is 1. The molecule has 4 heterocycles. The maximum absolute atomic E-state index is 13.0. The fourth-order valence-corrected chi connectivity index (χ4v) is 4.70. The summed E-state index contributed by atoms with van der Waals surface area (Å²) >= 11 is 1.61. The molecule has 0 radical (unpaired) electrons. The lowest BCUT2D eigenvalue weighted by atomic mass is 9.95. The molecule has 2 saturated heterocycles. The summed E-state index contributed by atoms with van der Waals surface area (Å²) < 4.78 is 0. The third kappa shape index (κ3) is 4.09. The van der Waals surface area contributed by atoms with Crippen LogP contribution in [-0.2, 0) is 4.79 Å². The summed E-state index contributed by atoms with van der Waals surface area (Å²) in [6.07, 6.45) is 1.73. The zero-order valence-electron chi connectivity index (χ0n) is 16.8. The zero-order chi connectivity index (χ0) is 19.7. The van der Waals surface area contributed by atoms with E-state index in [4.69, 9.17) is 0 Å². The normalized spacial score (nSPS) is 18.6. The molecule has 0 N–H and O–H groups in total. The third-order valence-corrected chi connectivity index (χ3v) is 6.37. The quantitative estimate of drug-likeness (QED) is 0.776. The van der Waals surface area contributed by atoms with Gasteiger partial charge in [0.2, 0.25) is 17.0 Å². The highest BCUT2D eigenvalue weighted by molar-refractivity contribution is 7.15. The van der Waals surface area contributed by atoms with Crippen molar-refractivity contribution in [1.82, 2.24) is 25.1 Å². The highest BCUT2D eigenvalue weighted by Gasteiger charge is 2.31. The van der Waals surface area contributed by atoms with Crippen molar-refractivity contribution in [1.29, 1.82) is 0 Å². The van der Waals surface area contributed by atoms with Gasteiger partial charge < -0.3 is 14.7 Å². The Morgan fingerprint density at radius 2 is 1.57 bits per heavy atom. The lowest BCUT2D eigenvalue weighted by molar-refractivity contribution is -0.136. The second kappa shape index (κ2) is 7.98. The van der Waals surface area contributed by atoms with E-state index >= 15 is 0 Å². The molecule has 2 aromatic heterocycles. The van der Waals surface area contributed by atoms with Crippen LogP contribution >= 0.6 is 11.3 Å². The second-order valence-corrected chi connectivity index (χ2v) is 8.79. The maximum atomic E-state index is 13.0. The van der Waals surface area contributed by atoms with Gasteiger partial charge in [-0.25, -0.2) is 9.97 Å². The van der Waals surface area contributed by atoms with Crippen molar-refractivity contribution in [2.45, 2.75) is 33.6 Å². The van der Waals surface area contributed by atoms with Crippen LogP contribution < -0.4 is 9.80 Å². The molecule has 0 spiro atoms. The fourth-order valence-electron chi connectivity index (χ4n) is 3.97. The smallest absolute Gasteiger partial charge is 0.225 e. The van der Waals surface area contributed by atoms with E-state index in [0.717, 1.165) is 79.6 Å². The van der Waals surface area contributed by atoms with Crippen molar-refractivity contribution < 1.29 is 4.79 Å². The van der Waals surface area contributed by atoms with Gasteiger partial charge in [0.1, 0.15) is 5.01 Å². The first-order valence-corrected chi connectivity index (χ1v) is 10.7. The van der Waals surface area contributed by atoms with E-state index in [2.05, 4.69) is 30.0 Å². The molecule has 0 unspecified atom stereocenters. The minimum absolute atomic E-state index is 0.109. The highest BCUT2D eigenvalue weighted by Crippen LogP contribution is 2.25. The van der Waals surface area contributed by atoms with Crippen molar-refractivity contribution in [3.05, 3.63) is 22.5 Å². The van der Waals surface area contributed by atoms with Gasteiger partial charge in [-0.3, -0.25) is 4.79 Å². The van der Waals surface area contributed by atoms with Gasteiger partial charge in [0, 0.05) is 56.6 Å². The van der Waals surface area contributed by atoms with Crippen molar-refractivity contribution >= 4 is 28.3 Å². The molecule has 9 heteroatoms. The molecular weight excluding hydrogens is 374 g/mol. The standard InChI is InChI=1S/C19H27N7OS/c1-13-12-14(2)21-18(20-13)25-6-4-16(5-7-25)17(27)24-8-10-26(11-9-24)19-23-22-15(3)28-19/h12,16H,4-11H2,1-3H3. The van der Waals surface area contributed by atoms with Crippen LogP contribution in [0.25, 0.3) is 0 Å². The van der Waals surface area contributed by atoms with E-state index in [1.165, 1.54) is 0 Å². The summed E-state index contributed by atoms with van der Waals surface area (Å²) in [6.45, 7) is 10.8. The number of piperidine rings is 1. The van der Waals surface area contributed by atoms with Gasteiger partial charge in [0.05, 0.1) is 0 Å². The average Bonchev–Trinajstić information content (AvgIpc) is 3.13. The highest BCUT2D eigenvalue weighted by atomic mass is 32.1. The molecule has 4 rings (SSSR count). The van der Waals surface area contributed by atoms with Crippen molar-refractivity contribution in [2.75, 3.05) is 49.1 Å². The zero-order valence-corrected chi connectivity index (χ0v) is 17.6. The Kier molecular flexibility index (Phi) is 5.43. The van der Waals surface area contributed by atoms with E-state index in [-0.39, 0.29) is 5.92 Å². The lowest BCUT2D eigenvalue weighted by Crippen LogP contribution is -2.51. The molecule has 28 heavy (non-hydrogen) atoms. The Morgan fingerprint density at radius 1 is 0.929 bits per heavy atom. The summed E-state index contributed by atoms with van der Waals surface area (Å²) in [7, 11) is 0. The lowest BCUT2D eigenvalue weighted by Gasteiger charge is -2.38. The van der Waals surface area contributed by atoms with E-state index in [0.29, 0.717) is 5.91 Å². The first-order chi connectivity index (χ1) is 13.5. The Bertz CT molecular complexity index is 818. The first-order valence-electron chi connectivity index (χ1n) is 9.90.